The zero-order valence-corrected chi connectivity index (χ0v) is 14.4. The number of H-pyrrole nitrogens is 1. The van der Waals surface area contributed by atoms with Crippen LogP contribution in [0, 0.1) is 11.6 Å². The standard InChI is InChI=1S/C19H11F2N3O2S/c20-13-6-5-12(9-14(13)21)22-17-16(27-19(26)24-17)8-11-7-10-3-1-2-4-15(10)23-18(11)25/h1-9,22H,(H,24,26)/b11-8-. The van der Waals surface area contributed by atoms with Crippen molar-refractivity contribution in [1.29, 1.82) is 0 Å². The lowest BCUT2D eigenvalue weighted by molar-refractivity contribution is -0.114. The number of anilines is 2. The van der Waals surface area contributed by atoms with Crippen LogP contribution in [0.1, 0.15) is 4.88 Å². The van der Waals surface area contributed by atoms with Crippen LogP contribution in [0.3, 0.4) is 0 Å². The Morgan fingerprint density at radius 1 is 1.07 bits per heavy atom. The van der Waals surface area contributed by atoms with Gasteiger partial charge in [0.15, 0.2) is 11.6 Å². The molecule has 4 rings (SSSR count). The predicted molar refractivity (Wildman–Crippen MR) is 99.3 cm³/mol. The van der Waals surface area contributed by atoms with Gasteiger partial charge in [-0.05, 0) is 30.4 Å². The number of nitrogens with one attached hydrogen (secondary N) is 2. The minimum Gasteiger partial charge on any atom is -0.340 e. The lowest BCUT2D eigenvalue weighted by atomic mass is 10.1. The molecule has 5 nitrogen and oxygen atoms in total. The highest BCUT2D eigenvalue weighted by Crippen LogP contribution is 2.25. The molecule has 3 aromatic rings. The molecule has 0 unspecified atom stereocenters. The van der Waals surface area contributed by atoms with E-state index in [1.54, 1.807) is 18.2 Å². The summed E-state index contributed by atoms with van der Waals surface area (Å²) in [5.74, 6) is -2.12. The molecule has 8 heteroatoms. The van der Waals surface area contributed by atoms with Crippen molar-refractivity contribution in [3.63, 3.8) is 0 Å². The van der Waals surface area contributed by atoms with Gasteiger partial charge >= 0.3 is 4.87 Å². The number of carbonyl (C=O) groups is 1. The van der Waals surface area contributed by atoms with Crippen molar-refractivity contribution in [3.05, 3.63) is 84.8 Å². The Balaban J connectivity index is 1.74. The maximum atomic E-state index is 13.4. The van der Waals surface area contributed by atoms with E-state index in [4.69, 9.17) is 0 Å². The first kappa shape index (κ1) is 17.0. The first-order valence-corrected chi connectivity index (χ1v) is 8.68. The molecule has 1 aliphatic rings. The fourth-order valence-electron chi connectivity index (χ4n) is 2.61. The summed E-state index contributed by atoms with van der Waals surface area (Å²) in [6.45, 7) is 0. The smallest absolute Gasteiger partial charge is 0.306 e. The number of hydrogen-bond donors (Lipinski definition) is 2. The monoisotopic (exact) mass is 383 g/mol. The van der Waals surface area contributed by atoms with Crippen LogP contribution in [-0.2, 0) is 4.79 Å². The highest BCUT2D eigenvalue weighted by atomic mass is 32.1. The average molecular weight is 383 g/mol. The van der Waals surface area contributed by atoms with Gasteiger partial charge in [0.05, 0.1) is 10.2 Å². The summed E-state index contributed by atoms with van der Waals surface area (Å²) in [7, 11) is 0. The summed E-state index contributed by atoms with van der Waals surface area (Å²) >= 11 is 0.886. The maximum Gasteiger partial charge on any atom is 0.306 e. The van der Waals surface area contributed by atoms with Crippen molar-refractivity contribution >= 4 is 40.9 Å². The quantitative estimate of drug-likeness (QED) is 0.683. The number of fused-ring (bicyclic) bond motifs is 1. The van der Waals surface area contributed by atoms with Gasteiger partial charge in [0.2, 0.25) is 0 Å². The molecule has 0 spiro atoms. The van der Waals surface area contributed by atoms with E-state index >= 15 is 0 Å². The highest BCUT2D eigenvalue weighted by molar-refractivity contribution is 7.10. The van der Waals surface area contributed by atoms with Crippen molar-refractivity contribution in [3.8, 4) is 0 Å². The Morgan fingerprint density at radius 3 is 2.70 bits per heavy atom. The van der Waals surface area contributed by atoms with Crippen molar-refractivity contribution in [2.75, 3.05) is 5.32 Å². The second kappa shape index (κ2) is 6.73. The third kappa shape index (κ3) is 3.47. The summed E-state index contributed by atoms with van der Waals surface area (Å²) in [6, 6.07) is 10.5. The summed E-state index contributed by atoms with van der Waals surface area (Å²) in [5, 5.41) is 4.21. The fourth-order valence-corrected chi connectivity index (χ4v) is 3.35. The molecular formula is C19H11F2N3O2S. The van der Waals surface area contributed by atoms with E-state index in [1.807, 2.05) is 12.1 Å². The molecular weight excluding hydrogens is 372 g/mol. The van der Waals surface area contributed by atoms with E-state index < -0.39 is 17.5 Å². The summed E-state index contributed by atoms with van der Waals surface area (Å²) in [4.78, 5) is 30.8. The number of thiazole rings is 1. The van der Waals surface area contributed by atoms with Gasteiger partial charge in [-0.25, -0.2) is 13.8 Å². The second-order valence-electron chi connectivity index (χ2n) is 5.73. The van der Waals surface area contributed by atoms with E-state index in [2.05, 4.69) is 15.3 Å². The maximum absolute atomic E-state index is 13.4. The number of hydrogen-bond acceptors (Lipinski definition) is 4. The first-order valence-electron chi connectivity index (χ1n) is 7.86. The number of aromatic amines is 1. The molecule has 0 bridgehead atoms. The molecule has 27 heavy (non-hydrogen) atoms. The number of rotatable bonds is 3. The van der Waals surface area contributed by atoms with E-state index in [9.17, 15) is 18.4 Å². The Morgan fingerprint density at radius 2 is 1.89 bits per heavy atom. The molecule has 2 aromatic carbocycles. The van der Waals surface area contributed by atoms with Gasteiger partial charge in [0.25, 0.3) is 5.91 Å². The number of para-hydroxylation sites is 1. The van der Waals surface area contributed by atoms with Gasteiger partial charge < -0.3 is 5.32 Å². The topological polar surface area (TPSA) is 74.3 Å². The normalized spacial score (nSPS) is 14.4. The van der Waals surface area contributed by atoms with Gasteiger partial charge in [0, 0.05) is 22.5 Å². The van der Waals surface area contributed by atoms with E-state index in [0.29, 0.717) is 15.8 Å². The Hall–Kier alpha value is -3.39. The number of amides is 1. The van der Waals surface area contributed by atoms with E-state index in [-0.39, 0.29) is 16.4 Å². The lowest BCUT2D eigenvalue weighted by Gasteiger charge is -2.07. The molecule has 0 aliphatic carbocycles. The van der Waals surface area contributed by atoms with Crippen LogP contribution >= 0.6 is 11.3 Å². The SMILES string of the molecule is O=C1N=c2ccccc2=C/C1=C/c1sc(=O)[nH]c1Nc1ccc(F)c(F)c1. The van der Waals surface area contributed by atoms with Gasteiger partial charge in [-0.15, -0.1) is 0 Å². The third-order valence-corrected chi connectivity index (χ3v) is 4.70. The average Bonchev–Trinajstić information content (AvgIpc) is 2.98. The third-order valence-electron chi connectivity index (χ3n) is 3.87. The molecule has 1 aromatic heterocycles. The molecule has 134 valence electrons. The molecule has 0 radical (unpaired) electrons. The first-order chi connectivity index (χ1) is 13.0. The van der Waals surface area contributed by atoms with Crippen LogP contribution in [0.2, 0.25) is 0 Å². The number of carbonyl (C=O) groups excluding carboxylic acids is 1. The molecule has 1 aliphatic heterocycles. The van der Waals surface area contributed by atoms with Gasteiger partial charge in [0.1, 0.15) is 5.82 Å². The number of nitrogens with zero attached hydrogens (tertiary/aromatic N) is 1. The Labute approximate surface area is 155 Å². The van der Waals surface area contributed by atoms with Crippen LogP contribution in [0.4, 0.5) is 20.3 Å². The molecule has 0 fully saturated rings. The van der Waals surface area contributed by atoms with Crippen LogP contribution in [0.5, 0.6) is 0 Å². The molecule has 0 saturated heterocycles. The van der Waals surface area contributed by atoms with Gasteiger partial charge in [-0.3, -0.25) is 14.6 Å². The summed E-state index contributed by atoms with van der Waals surface area (Å²) < 4.78 is 26.5. The number of aromatic nitrogens is 1. The van der Waals surface area contributed by atoms with Crippen molar-refractivity contribution in [2.45, 2.75) is 0 Å². The molecule has 0 atom stereocenters. The van der Waals surface area contributed by atoms with Gasteiger partial charge in [-0.2, -0.15) is 0 Å². The van der Waals surface area contributed by atoms with Crippen LogP contribution < -0.4 is 20.8 Å². The molecule has 2 N–H and O–H groups in total. The van der Waals surface area contributed by atoms with E-state index in [1.165, 1.54) is 12.1 Å². The van der Waals surface area contributed by atoms with Crippen LogP contribution in [0.25, 0.3) is 12.2 Å². The number of benzene rings is 2. The fraction of sp³-hybridized carbons (Fsp3) is 0. The molecule has 2 heterocycles. The minimum absolute atomic E-state index is 0.261. The molecule has 0 saturated carbocycles. The minimum atomic E-state index is -1.01. The van der Waals surface area contributed by atoms with Gasteiger partial charge in [-0.1, -0.05) is 29.5 Å². The lowest BCUT2D eigenvalue weighted by Crippen LogP contribution is -2.29. The van der Waals surface area contributed by atoms with Crippen molar-refractivity contribution in [2.24, 2.45) is 4.99 Å². The predicted octanol–water partition coefficient (Wildman–Crippen LogP) is 2.48. The highest BCUT2D eigenvalue weighted by Gasteiger charge is 2.14. The second-order valence-corrected chi connectivity index (χ2v) is 6.74. The van der Waals surface area contributed by atoms with Crippen molar-refractivity contribution in [1.82, 2.24) is 4.98 Å². The largest absolute Gasteiger partial charge is 0.340 e. The Bertz CT molecular complexity index is 1270. The summed E-state index contributed by atoms with van der Waals surface area (Å²) in [5.41, 5.74) is 0.578. The van der Waals surface area contributed by atoms with Crippen LogP contribution in [0.15, 0.2) is 57.8 Å². The zero-order valence-electron chi connectivity index (χ0n) is 13.6. The zero-order chi connectivity index (χ0) is 19.0. The van der Waals surface area contributed by atoms with Crippen LogP contribution in [-0.4, -0.2) is 10.9 Å². The Kier molecular flexibility index (Phi) is 4.25. The summed E-state index contributed by atoms with van der Waals surface area (Å²) in [6.07, 6.45) is 3.22. The van der Waals surface area contributed by atoms with E-state index in [0.717, 1.165) is 28.7 Å². The molecule has 1 amide bonds. The van der Waals surface area contributed by atoms with Crippen molar-refractivity contribution < 1.29 is 13.6 Å². The number of halogens is 2.